The summed E-state index contributed by atoms with van der Waals surface area (Å²) in [4.78, 5) is 0. The molecule has 0 aromatic heterocycles. The van der Waals surface area contributed by atoms with Gasteiger partial charge in [0.2, 0.25) is 0 Å². The molecule has 0 saturated carbocycles. The van der Waals surface area contributed by atoms with E-state index in [1.165, 1.54) is 12.1 Å². The minimum atomic E-state index is -0.622. The fourth-order valence-electron chi connectivity index (χ4n) is 1.09. The predicted molar refractivity (Wildman–Crippen MR) is 55.2 cm³/mol. The average Bonchev–Trinajstić information content (AvgIpc) is 2.16. The van der Waals surface area contributed by atoms with Gasteiger partial charge in [0.25, 0.3) is 0 Å². The van der Waals surface area contributed by atoms with Crippen LogP contribution in [0.25, 0.3) is 0 Å². The first kappa shape index (κ1) is 11.3. The molecule has 0 fully saturated rings. The number of aliphatic hydroxyl groups is 1. The van der Waals surface area contributed by atoms with E-state index in [1.54, 1.807) is 0 Å². The fourth-order valence-corrected chi connectivity index (χ4v) is 1.86. The molecule has 0 radical (unpaired) electrons. The summed E-state index contributed by atoms with van der Waals surface area (Å²) < 4.78 is 0. The number of nitrogens with zero attached hydrogens (tertiary/aromatic N) is 1. The van der Waals surface area contributed by atoms with Gasteiger partial charge in [-0.1, -0.05) is 23.2 Å². The lowest BCUT2D eigenvalue weighted by atomic mass is 10.1. The average molecular weight is 231 g/mol. The van der Waals surface area contributed by atoms with E-state index in [9.17, 15) is 0 Å². The van der Waals surface area contributed by atoms with Crippen molar-refractivity contribution < 1.29 is 5.11 Å². The standard InChI is InChI=1S/C9H8Cl2N2O/c10-6-1-5(3-12)2-7(11)9(6)8(13)4-14/h1-2,8,14H,4,13H2. The van der Waals surface area contributed by atoms with E-state index in [1.807, 2.05) is 6.07 Å². The maximum absolute atomic E-state index is 8.86. The Labute approximate surface area is 91.7 Å². The first-order valence-corrected chi connectivity index (χ1v) is 4.61. The molecule has 0 heterocycles. The summed E-state index contributed by atoms with van der Waals surface area (Å²) in [6.45, 7) is -0.245. The number of benzene rings is 1. The second-order valence-corrected chi connectivity index (χ2v) is 3.57. The van der Waals surface area contributed by atoms with E-state index in [4.69, 9.17) is 39.3 Å². The second-order valence-electron chi connectivity index (χ2n) is 2.75. The van der Waals surface area contributed by atoms with Gasteiger partial charge in [0.05, 0.1) is 24.3 Å². The van der Waals surface area contributed by atoms with Gasteiger partial charge in [-0.3, -0.25) is 0 Å². The molecule has 1 unspecified atom stereocenters. The summed E-state index contributed by atoms with van der Waals surface area (Å²) in [5.74, 6) is 0. The number of hydrogen-bond donors (Lipinski definition) is 2. The third kappa shape index (κ3) is 2.17. The lowest BCUT2D eigenvalue weighted by Gasteiger charge is -2.12. The van der Waals surface area contributed by atoms with Crippen LogP contribution in [0.5, 0.6) is 0 Å². The summed E-state index contributed by atoms with van der Waals surface area (Å²) in [5, 5.41) is 18.1. The Hall–Kier alpha value is -0.790. The van der Waals surface area contributed by atoms with E-state index in [0.29, 0.717) is 21.2 Å². The number of hydrogen-bond acceptors (Lipinski definition) is 3. The molecule has 1 atom stereocenters. The summed E-state index contributed by atoms with van der Waals surface area (Å²) in [6, 6.07) is 4.24. The molecule has 5 heteroatoms. The normalized spacial score (nSPS) is 12.2. The van der Waals surface area contributed by atoms with Crippen LogP contribution in [0.2, 0.25) is 10.0 Å². The Balaban J connectivity index is 3.26. The number of aliphatic hydroxyl groups excluding tert-OH is 1. The van der Waals surface area contributed by atoms with Crippen molar-refractivity contribution in [1.29, 1.82) is 5.26 Å². The van der Waals surface area contributed by atoms with Crippen LogP contribution in [0.1, 0.15) is 17.2 Å². The quantitative estimate of drug-likeness (QED) is 0.815. The molecule has 74 valence electrons. The molecule has 14 heavy (non-hydrogen) atoms. The van der Waals surface area contributed by atoms with Gasteiger partial charge in [-0.25, -0.2) is 0 Å². The van der Waals surface area contributed by atoms with Crippen LogP contribution in [0.3, 0.4) is 0 Å². The van der Waals surface area contributed by atoms with Crippen LogP contribution >= 0.6 is 23.2 Å². The van der Waals surface area contributed by atoms with Crippen molar-refractivity contribution in [2.45, 2.75) is 6.04 Å². The van der Waals surface area contributed by atoms with Crippen LogP contribution < -0.4 is 5.73 Å². The molecular formula is C9H8Cl2N2O. The van der Waals surface area contributed by atoms with Gasteiger partial charge in [-0.05, 0) is 12.1 Å². The lowest BCUT2D eigenvalue weighted by molar-refractivity contribution is 0.268. The van der Waals surface area contributed by atoms with Crippen LogP contribution in [0, 0.1) is 11.3 Å². The lowest BCUT2D eigenvalue weighted by Crippen LogP contribution is -2.15. The van der Waals surface area contributed by atoms with Crippen molar-refractivity contribution in [3.63, 3.8) is 0 Å². The third-order valence-corrected chi connectivity index (χ3v) is 2.40. The highest BCUT2D eigenvalue weighted by Gasteiger charge is 2.14. The van der Waals surface area contributed by atoms with Gasteiger partial charge in [-0.15, -0.1) is 0 Å². The topological polar surface area (TPSA) is 70.0 Å². The van der Waals surface area contributed by atoms with Crippen LogP contribution in [0.15, 0.2) is 12.1 Å². The van der Waals surface area contributed by atoms with Crippen molar-refractivity contribution in [1.82, 2.24) is 0 Å². The van der Waals surface area contributed by atoms with Gasteiger partial charge in [0.15, 0.2) is 0 Å². The highest BCUT2D eigenvalue weighted by molar-refractivity contribution is 6.36. The monoisotopic (exact) mass is 230 g/mol. The summed E-state index contributed by atoms with van der Waals surface area (Å²) in [7, 11) is 0. The molecule has 1 rings (SSSR count). The molecule has 0 spiro atoms. The van der Waals surface area contributed by atoms with Gasteiger partial charge in [-0.2, -0.15) is 5.26 Å². The Bertz CT molecular complexity index is 364. The Morgan fingerprint density at radius 3 is 2.29 bits per heavy atom. The Morgan fingerprint density at radius 2 is 1.93 bits per heavy atom. The first-order valence-electron chi connectivity index (χ1n) is 3.85. The molecule has 0 bridgehead atoms. The van der Waals surface area contributed by atoms with Gasteiger partial charge < -0.3 is 10.8 Å². The number of halogens is 2. The van der Waals surface area contributed by atoms with Crippen LogP contribution in [-0.4, -0.2) is 11.7 Å². The highest BCUT2D eigenvalue weighted by Crippen LogP contribution is 2.30. The zero-order valence-electron chi connectivity index (χ0n) is 7.17. The number of nitriles is 1. The van der Waals surface area contributed by atoms with E-state index in [2.05, 4.69) is 0 Å². The maximum atomic E-state index is 8.86. The van der Waals surface area contributed by atoms with E-state index < -0.39 is 6.04 Å². The molecule has 0 saturated heterocycles. The minimum absolute atomic E-state index is 0.245. The van der Waals surface area contributed by atoms with Crippen molar-refractivity contribution >= 4 is 23.2 Å². The summed E-state index contributed by atoms with van der Waals surface area (Å²) >= 11 is 11.7. The Morgan fingerprint density at radius 1 is 1.43 bits per heavy atom. The second kappa shape index (κ2) is 4.63. The van der Waals surface area contributed by atoms with E-state index >= 15 is 0 Å². The van der Waals surface area contributed by atoms with Gasteiger partial charge in [0, 0.05) is 15.6 Å². The molecule has 0 aliphatic heterocycles. The molecular weight excluding hydrogens is 223 g/mol. The molecule has 3 N–H and O–H groups in total. The summed E-state index contributed by atoms with van der Waals surface area (Å²) in [5.41, 5.74) is 6.42. The van der Waals surface area contributed by atoms with Crippen molar-refractivity contribution in [2.75, 3.05) is 6.61 Å². The van der Waals surface area contributed by atoms with Crippen molar-refractivity contribution in [2.24, 2.45) is 5.73 Å². The zero-order valence-corrected chi connectivity index (χ0v) is 8.68. The van der Waals surface area contributed by atoms with Gasteiger partial charge in [0.1, 0.15) is 0 Å². The predicted octanol–water partition coefficient (Wildman–Crippen LogP) is 1.86. The Kier molecular flexibility index (Phi) is 3.73. The third-order valence-electron chi connectivity index (χ3n) is 1.78. The summed E-state index contributed by atoms with van der Waals surface area (Å²) in [6.07, 6.45) is 0. The van der Waals surface area contributed by atoms with E-state index in [-0.39, 0.29) is 6.61 Å². The smallest absolute Gasteiger partial charge is 0.0992 e. The SMILES string of the molecule is N#Cc1cc(Cl)c(C(N)CO)c(Cl)c1. The van der Waals surface area contributed by atoms with Crippen LogP contribution in [0.4, 0.5) is 0 Å². The van der Waals surface area contributed by atoms with Crippen molar-refractivity contribution in [3.05, 3.63) is 33.3 Å². The van der Waals surface area contributed by atoms with Crippen molar-refractivity contribution in [3.8, 4) is 6.07 Å². The van der Waals surface area contributed by atoms with E-state index in [0.717, 1.165) is 0 Å². The molecule has 1 aromatic rings. The minimum Gasteiger partial charge on any atom is -0.394 e. The zero-order chi connectivity index (χ0) is 10.7. The molecule has 0 aliphatic rings. The first-order chi connectivity index (χ1) is 6.60. The number of rotatable bonds is 2. The largest absolute Gasteiger partial charge is 0.394 e. The fraction of sp³-hybridized carbons (Fsp3) is 0.222. The molecule has 0 amide bonds. The molecule has 1 aromatic carbocycles. The van der Waals surface area contributed by atoms with Crippen LogP contribution in [-0.2, 0) is 0 Å². The van der Waals surface area contributed by atoms with Gasteiger partial charge >= 0.3 is 0 Å². The molecule has 0 aliphatic carbocycles. The highest BCUT2D eigenvalue weighted by atomic mass is 35.5. The molecule has 3 nitrogen and oxygen atoms in total. The maximum Gasteiger partial charge on any atom is 0.0992 e. The number of nitrogens with two attached hydrogens (primary N) is 1.